The van der Waals surface area contributed by atoms with Crippen LogP contribution in [0.3, 0.4) is 0 Å². The van der Waals surface area contributed by atoms with Gasteiger partial charge in [-0.2, -0.15) is 0 Å². The first-order valence-corrected chi connectivity index (χ1v) is 13.5. The first-order chi connectivity index (χ1) is 14.9. The molecule has 0 aromatic rings. The van der Waals surface area contributed by atoms with Gasteiger partial charge >= 0.3 is 0 Å². The molecule has 0 spiro atoms. The molecule has 2 unspecified atom stereocenters. The molecule has 4 rings (SSSR count). The molecular formula is C28H50O4. The van der Waals surface area contributed by atoms with Gasteiger partial charge in [0.15, 0.2) is 0 Å². The quantitative estimate of drug-likeness (QED) is 0.512. The summed E-state index contributed by atoms with van der Waals surface area (Å²) < 4.78 is 5.98. The second kappa shape index (κ2) is 8.50. The van der Waals surface area contributed by atoms with Crippen LogP contribution in [0.2, 0.25) is 0 Å². The molecule has 10 atom stereocenters. The Kier molecular flexibility index (Phi) is 6.63. The molecule has 0 saturated heterocycles. The van der Waals surface area contributed by atoms with Crippen LogP contribution in [0.1, 0.15) is 105 Å². The van der Waals surface area contributed by atoms with Crippen molar-refractivity contribution in [3.8, 4) is 0 Å². The fourth-order valence-corrected chi connectivity index (χ4v) is 9.56. The minimum Gasteiger partial charge on any atom is -0.393 e. The summed E-state index contributed by atoms with van der Waals surface area (Å²) in [6, 6.07) is 0. The Labute approximate surface area is 196 Å². The predicted octanol–water partition coefficient (Wildman–Crippen LogP) is 5.32. The fourth-order valence-electron chi connectivity index (χ4n) is 9.56. The van der Waals surface area contributed by atoms with Crippen molar-refractivity contribution in [3.05, 3.63) is 0 Å². The molecule has 4 aliphatic rings. The molecule has 0 aromatic heterocycles. The molecule has 4 nitrogen and oxygen atoms in total. The summed E-state index contributed by atoms with van der Waals surface area (Å²) in [5.74, 6) is 3.33. The standard InChI is InChI=1S/C28H50O4/c1-18(8-7-13-25(2,3)30)21-9-10-22-20-16-24(32-6)28(31)17-19(29)11-15-27(28,5)23(20)12-14-26(21,22)4/h18-24,29-31H,7-17H2,1-6H3/t18-,19+,20+,21-,22+,23+,24?,26-,27-,28?/m1/s1. The SMILES string of the molecule is COC1C[C@H]2[C@@H]3CC[C@H]([C@H](C)CCCC(C)(C)O)[C@@]3(C)CC[C@@H]2[C@@]2(C)CC[C@H](O)CC12O. The smallest absolute Gasteiger partial charge is 0.0988 e. The van der Waals surface area contributed by atoms with E-state index in [9.17, 15) is 15.3 Å². The van der Waals surface area contributed by atoms with Crippen LogP contribution in [-0.4, -0.2) is 45.8 Å². The van der Waals surface area contributed by atoms with E-state index in [1.165, 1.54) is 32.1 Å². The van der Waals surface area contributed by atoms with E-state index in [4.69, 9.17) is 4.74 Å². The molecule has 0 aromatic carbocycles. The Hall–Kier alpha value is -0.160. The van der Waals surface area contributed by atoms with Crippen LogP contribution in [0.4, 0.5) is 0 Å². The lowest BCUT2D eigenvalue weighted by Gasteiger charge is -2.66. The molecular weight excluding hydrogens is 400 g/mol. The Morgan fingerprint density at radius 3 is 2.44 bits per heavy atom. The largest absolute Gasteiger partial charge is 0.393 e. The molecule has 32 heavy (non-hydrogen) atoms. The molecule has 186 valence electrons. The highest BCUT2D eigenvalue weighted by Gasteiger charge is 2.67. The third-order valence-electron chi connectivity index (χ3n) is 11.3. The number of hydrogen-bond donors (Lipinski definition) is 3. The summed E-state index contributed by atoms with van der Waals surface area (Å²) in [6.45, 7) is 11.2. The number of hydrogen-bond acceptors (Lipinski definition) is 4. The fraction of sp³-hybridized carbons (Fsp3) is 1.00. The Balaban J connectivity index is 1.53. The molecule has 0 heterocycles. The number of methoxy groups -OCH3 is 1. The van der Waals surface area contributed by atoms with E-state index in [0.29, 0.717) is 35.5 Å². The van der Waals surface area contributed by atoms with E-state index in [0.717, 1.165) is 38.0 Å². The van der Waals surface area contributed by atoms with Gasteiger partial charge in [0.05, 0.1) is 23.4 Å². The summed E-state index contributed by atoms with van der Waals surface area (Å²) in [5, 5.41) is 32.5. The molecule has 0 bridgehead atoms. The Morgan fingerprint density at radius 1 is 1.06 bits per heavy atom. The van der Waals surface area contributed by atoms with Gasteiger partial charge in [-0.1, -0.05) is 33.6 Å². The van der Waals surface area contributed by atoms with Crippen LogP contribution in [0.5, 0.6) is 0 Å². The van der Waals surface area contributed by atoms with E-state index in [-0.39, 0.29) is 11.5 Å². The maximum Gasteiger partial charge on any atom is 0.0988 e. The Bertz CT molecular complexity index is 673. The average Bonchev–Trinajstić information content (AvgIpc) is 3.05. The number of fused-ring (bicyclic) bond motifs is 5. The third kappa shape index (κ3) is 3.89. The molecule has 4 fully saturated rings. The average molecular weight is 451 g/mol. The summed E-state index contributed by atoms with van der Waals surface area (Å²) in [7, 11) is 1.76. The first-order valence-electron chi connectivity index (χ1n) is 13.5. The molecule has 0 amide bonds. The molecule has 0 aliphatic heterocycles. The summed E-state index contributed by atoms with van der Waals surface area (Å²) in [6.07, 6.45) is 10.9. The van der Waals surface area contributed by atoms with Gasteiger partial charge in [0.25, 0.3) is 0 Å². The molecule has 4 saturated carbocycles. The van der Waals surface area contributed by atoms with Crippen molar-refractivity contribution in [2.75, 3.05) is 7.11 Å². The van der Waals surface area contributed by atoms with Gasteiger partial charge in [-0.3, -0.25) is 0 Å². The van der Waals surface area contributed by atoms with E-state index < -0.39 is 17.3 Å². The van der Waals surface area contributed by atoms with E-state index >= 15 is 0 Å². The van der Waals surface area contributed by atoms with Crippen LogP contribution in [0, 0.1) is 40.4 Å². The maximum absolute atomic E-state index is 11.9. The summed E-state index contributed by atoms with van der Waals surface area (Å²) in [4.78, 5) is 0. The second-order valence-corrected chi connectivity index (χ2v) is 13.5. The minimum atomic E-state index is -0.906. The topological polar surface area (TPSA) is 69.9 Å². The van der Waals surface area contributed by atoms with Crippen molar-refractivity contribution in [2.24, 2.45) is 40.4 Å². The van der Waals surface area contributed by atoms with Crippen molar-refractivity contribution >= 4 is 0 Å². The van der Waals surface area contributed by atoms with Crippen molar-refractivity contribution in [1.29, 1.82) is 0 Å². The number of aliphatic hydroxyl groups excluding tert-OH is 1. The molecule has 4 aliphatic carbocycles. The highest BCUT2D eigenvalue weighted by Crippen LogP contribution is 2.69. The number of rotatable bonds is 6. The van der Waals surface area contributed by atoms with Gasteiger partial charge in [-0.15, -0.1) is 0 Å². The lowest BCUT2D eigenvalue weighted by molar-refractivity contribution is -0.270. The van der Waals surface area contributed by atoms with Crippen LogP contribution >= 0.6 is 0 Å². The Morgan fingerprint density at radius 2 is 1.78 bits per heavy atom. The van der Waals surface area contributed by atoms with E-state index in [1.54, 1.807) is 7.11 Å². The first kappa shape index (κ1) is 24.9. The van der Waals surface area contributed by atoms with Gasteiger partial charge in [-0.05, 0) is 100 Å². The predicted molar refractivity (Wildman–Crippen MR) is 128 cm³/mol. The van der Waals surface area contributed by atoms with Crippen LogP contribution in [0.15, 0.2) is 0 Å². The van der Waals surface area contributed by atoms with E-state index in [2.05, 4.69) is 20.8 Å². The van der Waals surface area contributed by atoms with Crippen LogP contribution < -0.4 is 0 Å². The highest BCUT2D eigenvalue weighted by molar-refractivity contribution is 5.17. The maximum atomic E-state index is 11.9. The van der Waals surface area contributed by atoms with E-state index in [1.807, 2.05) is 13.8 Å². The van der Waals surface area contributed by atoms with Gasteiger partial charge in [-0.25, -0.2) is 0 Å². The molecule has 0 radical (unpaired) electrons. The van der Waals surface area contributed by atoms with Gasteiger partial charge < -0.3 is 20.1 Å². The van der Waals surface area contributed by atoms with Gasteiger partial charge in [0.2, 0.25) is 0 Å². The molecule has 3 N–H and O–H groups in total. The second-order valence-electron chi connectivity index (χ2n) is 13.5. The third-order valence-corrected chi connectivity index (χ3v) is 11.3. The van der Waals surface area contributed by atoms with Crippen molar-refractivity contribution in [1.82, 2.24) is 0 Å². The zero-order valence-corrected chi connectivity index (χ0v) is 21.6. The van der Waals surface area contributed by atoms with Gasteiger partial charge in [0, 0.05) is 18.9 Å². The zero-order chi connectivity index (χ0) is 23.5. The summed E-state index contributed by atoms with van der Waals surface area (Å²) in [5.41, 5.74) is -1.24. The minimum absolute atomic E-state index is 0.159. The van der Waals surface area contributed by atoms with Crippen molar-refractivity contribution < 1.29 is 20.1 Å². The lowest BCUT2D eigenvalue weighted by atomic mass is 9.42. The lowest BCUT2D eigenvalue weighted by Crippen LogP contribution is -2.69. The number of ether oxygens (including phenoxy) is 1. The normalized spacial score (nSPS) is 49.8. The van der Waals surface area contributed by atoms with Crippen LogP contribution in [-0.2, 0) is 4.74 Å². The molecule has 4 heteroatoms. The summed E-state index contributed by atoms with van der Waals surface area (Å²) >= 11 is 0. The van der Waals surface area contributed by atoms with Crippen LogP contribution in [0.25, 0.3) is 0 Å². The zero-order valence-electron chi connectivity index (χ0n) is 21.6. The number of aliphatic hydroxyl groups is 3. The van der Waals surface area contributed by atoms with Crippen molar-refractivity contribution in [3.63, 3.8) is 0 Å². The highest BCUT2D eigenvalue weighted by atomic mass is 16.5. The monoisotopic (exact) mass is 450 g/mol. The van der Waals surface area contributed by atoms with Crippen molar-refractivity contribution in [2.45, 2.75) is 129 Å². The van der Waals surface area contributed by atoms with Gasteiger partial charge in [0.1, 0.15) is 0 Å².